The van der Waals surface area contributed by atoms with E-state index in [0.29, 0.717) is 64.6 Å². The van der Waals surface area contributed by atoms with E-state index in [4.69, 9.17) is 11.3 Å². The lowest BCUT2D eigenvalue weighted by atomic mass is 10.0. The van der Waals surface area contributed by atoms with Crippen LogP contribution in [0.2, 0.25) is 0 Å². The smallest absolute Gasteiger partial charge is 0.273 e. The van der Waals surface area contributed by atoms with Crippen LogP contribution in [0.5, 0.6) is 5.75 Å². The molecule has 1 aliphatic rings. The van der Waals surface area contributed by atoms with Gasteiger partial charge in [0, 0.05) is 63.2 Å². The summed E-state index contributed by atoms with van der Waals surface area (Å²) in [6.45, 7) is 12.2. The van der Waals surface area contributed by atoms with Crippen LogP contribution in [0.15, 0.2) is 53.6 Å². The molecule has 0 radical (unpaired) electrons. The summed E-state index contributed by atoms with van der Waals surface area (Å²) in [7, 11) is 1.65. The van der Waals surface area contributed by atoms with Gasteiger partial charge in [-0.1, -0.05) is 18.2 Å². The second-order valence-corrected chi connectivity index (χ2v) is 9.97. The van der Waals surface area contributed by atoms with Gasteiger partial charge in [0.15, 0.2) is 5.69 Å². The number of anilines is 1. The van der Waals surface area contributed by atoms with E-state index in [-0.39, 0.29) is 24.1 Å². The van der Waals surface area contributed by atoms with Crippen molar-refractivity contribution in [1.82, 2.24) is 24.2 Å². The number of hydrogen-bond acceptors (Lipinski definition) is 7. The maximum atomic E-state index is 13.6. The number of halogens is 1. The first-order chi connectivity index (χ1) is 19.7. The van der Waals surface area contributed by atoms with E-state index < -0.39 is 13.0 Å². The number of para-hydroxylation sites is 1. The zero-order chi connectivity index (χ0) is 29.3. The van der Waals surface area contributed by atoms with Gasteiger partial charge in [0.05, 0.1) is 24.0 Å². The van der Waals surface area contributed by atoms with Gasteiger partial charge < -0.3 is 19.6 Å². The van der Waals surface area contributed by atoms with Crippen LogP contribution in [0.4, 0.5) is 16.0 Å². The van der Waals surface area contributed by atoms with E-state index in [0.717, 1.165) is 0 Å². The molecule has 0 spiro atoms. The Labute approximate surface area is 235 Å². The summed E-state index contributed by atoms with van der Waals surface area (Å²) in [5.41, 5.74) is 2.53. The molecule has 1 fully saturated rings. The largest absolute Gasteiger partial charge is 0.460 e. The number of piperazine rings is 1. The monoisotopic (exact) mass is 559 g/mol. The zero-order valence-corrected chi connectivity index (χ0v) is 23.0. The van der Waals surface area contributed by atoms with Crippen molar-refractivity contribution in [3.8, 4) is 16.9 Å². The molecule has 12 heteroatoms. The molecule has 1 saturated heterocycles. The third-order valence-corrected chi connectivity index (χ3v) is 7.30. The quantitative estimate of drug-likeness (QED) is 0.347. The van der Waals surface area contributed by atoms with Crippen molar-refractivity contribution in [2.45, 2.75) is 32.8 Å². The number of aliphatic hydroxyl groups is 1. The molecule has 41 heavy (non-hydrogen) atoms. The molecule has 212 valence electrons. The highest BCUT2D eigenvalue weighted by molar-refractivity contribution is 5.92. The highest BCUT2D eigenvalue weighted by atomic mass is 19.1. The van der Waals surface area contributed by atoms with Gasteiger partial charge in [-0.15, -0.1) is 0 Å². The lowest BCUT2D eigenvalue weighted by Crippen LogP contribution is -2.55. The summed E-state index contributed by atoms with van der Waals surface area (Å²) >= 11 is 0. The first-order valence-electron chi connectivity index (χ1n) is 13.2. The van der Waals surface area contributed by atoms with Crippen LogP contribution in [0, 0.1) is 6.57 Å². The van der Waals surface area contributed by atoms with Crippen LogP contribution in [-0.4, -0.2) is 73.9 Å². The minimum absolute atomic E-state index is 0.110. The Kier molecular flexibility index (Phi) is 7.72. The van der Waals surface area contributed by atoms with Gasteiger partial charge >= 0.3 is 0 Å². The summed E-state index contributed by atoms with van der Waals surface area (Å²) in [5.74, 6) is 0.579. The molecule has 4 aromatic rings. The fourth-order valence-electron chi connectivity index (χ4n) is 5.23. The summed E-state index contributed by atoms with van der Waals surface area (Å²) in [5, 5.41) is 9.59. The molecule has 2 aromatic carbocycles. The maximum Gasteiger partial charge on any atom is 0.273 e. The standard InChI is InChI=1S/C29H30FN7O4/c1-18-15-35(9-10-36(18)27(39)17-38)29-32-13-21(14-33-29)22-12-25-23(11-24(22)31-3)28(40)34(4)37(25)16-20-7-5-6-8-26(20)41-19(2)30/h5-8,11-14,18-19,38H,9-10,15-17H2,1-2,4H3/t18-,19?/m1/s1. The lowest BCUT2D eigenvalue weighted by Gasteiger charge is -2.39. The van der Waals surface area contributed by atoms with Gasteiger partial charge in [0.1, 0.15) is 12.4 Å². The second kappa shape index (κ2) is 11.4. The number of alkyl halides is 1. The predicted molar refractivity (Wildman–Crippen MR) is 152 cm³/mol. The van der Waals surface area contributed by atoms with E-state index >= 15 is 0 Å². The molecule has 0 aliphatic carbocycles. The normalized spacial score (nSPS) is 16.0. The number of amides is 1. The fraction of sp³-hybridized carbons (Fsp3) is 0.345. The van der Waals surface area contributed by atoms with Crippen LogP contribution >= 0.6 is 0 Å². The summed E-state index contributed by atoms with van der Waals surface area (Å²) in [6, 6.07) is 10.3. The minimum atomic E-state index is -1.49. The minimum Gasteiger partial charge on any atom is -0.460 e. The van der Waals surface area contributed by atoms with E-state index in [9.17, 15) is 19.1 Å². The van der Waals surface area contributed by atoms with Gasteiger partial charge in [-0.2, -0.15) is 0 Å². The van der Waals surface area contributed by atoms with Gasteiger partial charge in [-0.3, -0.25) is 19.0 Å². The molecule has 1 aliphatic heterocycles. The van der Waals surface area contributed by atoms with E-state index in [1.807, 2.05) is 24.0 Å². The Hall–Kier alpha value is -4.76. The average Bonchev–Trinajstić information content (AvgIpc) is 3.20. The van der Waals surface area contributed by atoms with Crippen LogP contribution < -0.4 is 15.2 Å². The summed E-state index contributed by atoms with van der Waals surface area (Å²) < 4.78 is 22.2. The van der Waals surface area contributed by atoms with Crippen LogP contribution in [0.3, 0.4) is 0 Å². The summed E-state index contributed by atoms with van der Waals surface area (Å²) in [6.07, 6.45) is 1.79. The maximum absolute atomic E-state index is 13.6. The number of benzene rings is 2. The molecule has 0 saturated carbocycles. The first-order valence-corrected chi connectivity index (χ1v) is 13.2. The van der Waals surface area contributed by atoms with Crippen LogP contribution in [0.1, 0.15) is 19.4 Å². The van der Waals surface area contributed by atoms with Crippen molar-refractivity contribution in [1.29, 1.82) is 0 Å². The van der Waals surface area contributed by atoms with Crippen LogP contribution in [0.25, 0.3) is 26.9 Å². The zero-order valence-electron chi connectivity index (χ0n) is 23.0. The number of fused-ring (bicyclic) bond motifs is 1. The number of carbonyl (C=O) groups excluding carboxylic acids is 1. The topological polar surface area (TPSA) is 110 Å². The lowest BCUT2D eigenvalue weighted by molar-refractivity contribution is -0.136. The molecular weight excluding hydrogens is 529 g/mol. The number of rotatable bonds is 7. The van der Waals surface area contributed by atoms with E-state index in [1.54, 1.807) is 53.3 Å². The molecule has 1 unspecified atom stereocenters. The Morgan fingerprint density at radius 1 is 1.24 bits per heavy atom. The third kappa shape index (κ3) is 5.36. The van der Waals surface area contributed by atoms with Crippen LogP contribution in [-0.2, 0) is 18.4 Å². The third-order valence-electron chi connectivity index (χ3n) is 7.30. The number of aliphatic hydroxyl groups excluding tert-OH is 1. The fourth-order valence-corrected chi connectivity index (χ4v) is 5.23. The number of hydrogen-bond donors (Lipinski definition) is 1. The van der Waals surface area contributed by atoms with Crippen molar-refractivity contribution >= 4 is 28.4 Å². The van der Waals surface area contributed by atoms with Crippen molar-refractivity contribution in [2.24, 2.45) is 7.05 Å². The van der Waals surface area contributed by atoms with E-state index in [1.165, 1.54) is 11.6 Å². The van der Waals surface area contributed by atoms with Gasteiger partial charge in [0.2, 0.25) is 18.2 Å². The number of carbonyl (C=O) groups is 1. The Balaban J connectivity index is 1.49. The molecular formula is C29H30FN7O4. The summed E-state index contributed by atoms with van der Waals surface area (Å²) in [4.78, 5) is 41.4. The Bertz CT molecular complexity index is 1690. The molecule has 2 atom stereocenters. The molecule has 3 heterocycles. The van der Waals surface area contributed by atoms with E-state index in [2.05, 4.69) is 14.8 Å². The molecule has 0 bridgehead atoms. The highest BCUT2D eigenvalue weighted by Gasteiger charge is 2.28. The Morgan fingerprint density at radius 2 is 1.98 bits per heavy atom. The van der Waals surface area contributed by atoms with Gasteiger partial charge in [-0.05, 0) is 30.7 Å². The molecule has 5 rings (SSSR count). The highest BCUT2D eigenvalue weighted by Crippen LogP contribution is 2.34. The molecule has 1 amide bonds. The number of ether oxygens (including phenoxy) is 1. The molecule has 1 N–H and O–H groups in total. The molecule has 11 nitrogen and oxygen atoms in total. The van der Waals surface area contributed by atoms with Crippen molar-refractivity contribution in [2.75, 3.05) is 31.1 Å². The average molecular weight is 560 g/mol. The number of aromatic nitrogens is 4. The van der Waals surface area contributed by atoms with Crippen molar-refractivity contribution < 1.29 is 19.0 Å². The number of nitrogens with zero attached hydrogens (tertiary/aromatic N) is 7. The first kappa shape index (κ1) is 27.8. The van der Waals surface area contributed by atoms with Gasteiger partial charge in [0.25, 0.3) is 5.56 Å². The van der Waals surface area contributed by atoms with Crippen molar-refractivity contribution in [3.05, 3.63) is 76.1 Å². The van der Waals surface area contributed by atoms with Gasteiger partial charge in [-0.25, -0.2) is 19.2 Å². The van der Waals surface area contributed by atoms with Crippen molar-refractivity contribution in [3.63, 3.8) is 0 Å². The SMILES string of the molecule is [C-]#[N+]c1cc2c(=O)n(C)n(Cc3ccccc3OC(C)F)c2cc1-c1cnc(N2CCN(C(=O)CO)[C@H](C)C2)nc1. The predicted octanol–water partition coefficient (Wildman–Crippen LogP) is 3.12. The Morgan fingerprint density at radius 3 is 2.63 bits per heavy atom. The second-order valence-electron chi connectivity index (χ2n) is 9.97. The molecule has 2 aromatic heterocycles.